The van der Waals surface area contributed by atoms with Crippen LogP contribution in [0.1, 0.15) is 12.8 Å². The predicted molar refractivity (Wildman–Crippen MR) is 77.3 cm³/mol. The van der Waals surface area contributed by atoms with Gasteiger partial charge in [0.2, 0.25) is 0 Å². The summed E-state index contributed by atoms with van der Waals surface area (Å²) in [5.41, 5.74) is 0.0521. The Bertz CT molecular complexity index is 566. The minimum atomic E-state index is -0.620. The van der Waals surface area contributed by atoms with E-state index in [4.69, 9.17) is 0 Å². The van der Waals surface area contributed by atoms with Crippen LogP contribution in [-0.4, -0.2) is 43.7 Å². The molecule has 0 aliphatic carbocycles. The molecular weight excluding hydrogens is 260 g/mol. The van der Waals surface area contributed by atoms with Gasteiger partial charge in [-0.25, -0.2) is 15.0 Å². The summed E-state index contributed by atoms with van der Waals surface area (Å²) in [4.78, 5) is 12.6. The summed E-state index contributed by atoms with van der Waals surface area (Å²) in [5, 5.41) is 14.6. The molecule has 3 heterocycles. The molecule has 100 valence electrons. The van der Waals surface area contributed by atoms with E-state index in [1.165, 1.54) is 6.33 Å². The van der Waals surface area contributed by atoms with Crippen molar-refractivity contribution in [3.8, 4) is 0 Å². The van der Waals surface area contributed by atoms with Crippen molar-refractivity contribution in [2.75, 3.05) is 23.4 Å². The van der Waals surface area contributed by atoms with Crippen LogP contribution < -0.4 is 5.32 Å². The second-order valence-corrected chi connectivity index (χ2v) is 6.01. The highest BCUT2D eigenvalue weighted by atomic mass is 32.2. The fourth-order valence-corrected chi connectivity index (χ4v) is 3.47. The van der Waals surface area contributed by atoms with Gasteiger partial charge in [0, 0.05) is 12.7 Å². The minimum absolute atomic E-state index is 0.522. The summed E-state index contributed by atoms with van der Waals surface area (Å²) >= 11 is 1.90. The molecule has 5 nitrogen and oxygen atoms in total. The summed E-state index contributed by atoms with van der Waals surface area (Å²) in [6.07, 6.45) is 4.86. The van der Waals surface area contributed by atoms with Gasteiger partial charge in [-0.3, -0.25) is 0 Å². The third-order valence-electron chi connectivity index (χ3n) is 3.42. The molecule has 0 radical (unpaired) electrons. The molecular formula is C13H16N4OS. The first-order valence-corrected chi connectivity index (χ1v) is 7.52. The van der Waals surface area contributed by atoms with Crippen molar-refractivity contribution in [1.29, 1.82) is 0 Å². The van der Waals surface area contributed by atoms with Crippen LogP contribution >= 0.6 is 11.8 Å². The number of anilines is 1. The molecule has 2 aromatic rings. The fraction of sp³-hybridized carbons (Fsp3) is 0.462. The molecule has 1 fully saturated rings. The number of hydrogen-bond donors (Lipinski definition) is 2. The Morgan fingerprint density at radius 2 is 2.11 bits per heavy atom. The van der Waals surface area contributed by atoms with Crippen molar-refractivity contribution in [3.63, 3.8) is 0 Å². The highest BCUT2D eigenvalue weighted by Crippen LogP contribution is 2.27. The zero-order chi connectivity index (χ0) is 13.1. The Morgan fingerprint density at radius 1 is 1.26 bits per heavy atom. The number of rotatable bonds is 3. The van der Waals surface area contributed by atoms with E-state index in [1.54, 1.807) is 6.20 Å². The molecule has 0 unspecified atom stereocenters. The largest absolute Gasteiger partial charge is 0.388 e. The molecule has 1 aliphatic rings. The minimum Gasteiger partial charge on any atom is -0.388 e. The lowest BCUT2D eigenvalue weighted by molar-refractivity contribution is 0.0453. The second-order valence-electron chi connectivity index (χ2n) is 4.79. The zero-order valence-electron chi connectivity index (χ0n) is 10.5. The molecule has 1 saturated heterocycles. The van der Waals surface area contributed by atoms with Gasteiger partial charge in [0.25, 0.3) is 0 Å². The van der Waals surface area contributed by atoms with Crippen LogP contribution in [0.3, 0.4) is 0 Å². The molecule has 0 amide bonds. The SMILES string of the molecule is OC1(CNc2ncnc3ncccc23)CCSCC1. The summed E-state index contributed by atoms with van der Waals surface area (Å²) in [5.74, 6) is 2.78. The number of nitrogens with one attached hydrogen (secondary N) is 1. The molecule has 0 aromatic carbocycles. The topological polar surface area (TPSA) is 70.9 Å². The number of hydrogen-bond acceptors (Lipinski definition) is 6. The Kier molecular flexibility index (Phi) is 3.52. The molecule has 3 rings (SSSR count). The number of aromatic nitrogens is 3. The molecule has 2 N–H and O–H groups in total. The third-order valence-corrected chi connectivity index (χ3v) is 4.40. The van der Waals surface area contributed by atoms with E-state index in [2.05, 4.69) is 20.3 Å². The van der Waals surface area contributed by atoms with Crippen LogP contribution in [0.15, 0.2) is 24.7 Å². The summed E-state index contributed by atoms with van der Waals surface area (Å²) in [6.45, 7) is 0.522. The molecule has 0 atom stereocenters. The second kappa shape index (κ2) is 5.30. The maximum atomic E-state index is 10.5. The Balaban J connectivity index is 1.78. The van der Waals surface area contributed by atoms with Gasteiger partial charge in [-0.2, -0.15) is 11.8 Å². The molecule has 19 heavy (non-hydrogen) atoms. The van der Waals surface area contributed by atoms with E-state index in [-0.39, 0.29) is 0 Å². The van der Waals surface area contributed by atoms with Crippen molar-refractivity contribution in [2.45, 2.75) is 18.4 Å². The van der Waals surface area contributed by atoms with Crippen LogP contribution in [0.2, 0.25) is 0 Å². The van der Waals surface area contributed by atoms with Gasteiger partial charge in [-0.05, 0) is 36.5 Å². The molecule has 0 bridgehead atoms. The number of thioether (sulfide) groups is 1. The first-order chi connectivity index (χ1) is 9.27. The van der Waals surface area contributed by atoms with Crippen molar-refractivity contribution < 1.29 is 5.11 Å². The highest BCUT2D eigenvalue weighted by molar-refractivity contribution is 7.99. The van der Waals surface area contributed by atoms with Crippen LogP contribution in [0.5, 0.6) is 0 Å². The first-order valence-electron chi connectivity index (χ1n) is 6.37. The fourth-order valence-electron chi connectivity index (χ4n) is 2.21. The average molecular weight is 276 g/mol. The molecule has 1 aliphatic heterocycles. The standard InChI is InChI=1S/C13H16N4OS/c18-13(3-6-19-7-4-13)8-15-12-10-2-1-5-14-11(10)16-9-17-12/h1-2,5,9,18H,3-4,6-8H2,(H,14,15,16,17). The molecule has 6 heteroatoms. The zero-order valence-corrected chi connectivity index (χ0v) is 11.4. The van der Waals surface area contributed by atoms with Gasteiger partial charge >= 0.3 is 0 Å². The van der Waals surface area contributed by atoms with Gasteiger partial charge in [0.05, 0.1) is 11.0 Å². The number of pyridine rings is 1. The van der Waals surface area contributed by atoms with E-state index in [1.807, 2.05) is 23.9 Å². The van der Waals surface area contributed by atoms with Gasteiger partial charge in [-0.15, -0.1) is 0 Å². The lowest BCUT2D eigenvalue weighted by Crippen LogP contribution is -2.40. The smallest absolute Gasteiger partial charge is 0.164 e. The van der Waals surface area contributed by atoms with Gasteiger partial charge in [0.1, 0.15) is 12.1 Å². The average Bonchev–Trinajstić information content (AvgIpc) is 2.46. The van der Waals surface area contributed by atoms with E-state index >= 15 is 0 Å². The van der Waals surface area contributed by atoms with Gasteiger partial charge < -0.3 is 10.4 Å². The number of nitrogens with zero attached hydrogens (tertiary/aromatic N) is 3. The maximum Gasteiger partial charge on any atom is 0.164 e. The van der Waals surface area contributed by atoms with E-state index in [9.17, 15) is 5.11 Å². The molecule has 0 spiro atoms. The predicted octanol–water partition coefficient (Wildman–Crippen LogP) is 1.69. The monoisotopic (exact) mass is 276 g/mol. The molecule has 2 aromatic heterocycles. The van der Waals surface area contributed by atoms with Crippen molar-refractivity contribution in [3.05, 3.63) is 24.7 Å². The highest BCUT2D eigenvalue weighted by Gasteiger charge is 2.29. The number of aliphatic hydroxyl groups is 1. The van der Waals surface area contributed by atoms with Crippen molar-refractivity contribution >= 4 is 28.6 Å². The van der Waals surface area contributed by atoms with Crippen LogP contribution in [0, 0.1) is 0 Å². The summed E-state index contributed by atoms with van der Waals surface area (Å²) in [7, 11) is 0. The van der Waals surface area contributed by atoms with E-state index in [0.717, 1.165) is 35.6 Å². The maximum absolute atomic E-state index is 10.5. The van der Waals surface area contributed by atoms with Crippen LogP contribution in [0.4, 0.5) is 5.82 Å². The normalized spacial score (nSPS) is 18.4. The first kappa shape index (κ1) is 12.6. The summed E-state index contributed by atoms with van der Waals surface area (Å²) < 4.78 is 0. The van der Waals surface area contributed by atoms with Gasteiger partial charge in [0.15, 0.2) is 5.65 Å². The Morgan fingerprint density at radius 3 is 2.95 bits per heavy atom. The van der Waals surface area contributed by atoms with Gasteiger partial charge in [-0.1, -0.05) is 0 Å². The van der Waals surface area contributed by atoms with E-state index in [0.29, 0.717) is 12.2 Å². The van der Waals surface area contributed by atoms with Crippen LogP contribution in [0.25, 0.3) is 11.0 Å². The quantitative estimate of drug-likeness (QED) is 0.889. The molecule has 0 saturated carbocycles. The Hall–Kier alpha value is -1.40. The van der Waals surface area contributed by atoms with E-state index < -0.39 is 5.60 Å². The number of fused-ring (bicyclic) bond motifs is 1. The Labute approximate surface area is 115 Å². The lowest BCUT2D eigenvalue weighted by Gasteiger charge is -2.32. The van der Waals surface area contributed by atoms with Crippen molar-refractivity contribution in [2.24, 2.45) is 0 Å². The third kappa shape index (κ3) is 2.79. The lowest BCUT2D eigenvalue weighted by atomic mass is 9.97. The summed E-state index contributed by atoms with van der Waals surface area (Å²) in [6, 6.07) is 3.80. The van der Waals surface area contributed by atoms with Crippen LogP contribution in [-0.2, 0) is 0 Å². The van der Waals surface area contributed by atoms with Crippen molar-refractivity contribution in [1.82, 2.24) is 15.0 Å².